The van der Waals surface area contributed by atoms with Crippen LogP contribution in [0.3, 0.4) is 0 Å². The lowest BCUT2D eigenvalue weighted by molar-refractivity contribution is -0.757. The molecule has 0 saturated carbocycles. The maximum atomic E-state index is 12.3. The first-order valence-electron chi connectivity index (χ1n) is 9.82. The van der Waals surface area contributed by atoms with Crippen LogP contribution >= 0.6 is 0 Å². The predicted octanol–water partition coefficient (Wildman–Crippen LogP) is 4.28. The summed E-state index contributed by atoms with van der Waals surface area (Å²) < 4.78 is 16.8. The first-order valence-corrected chi connectivity index (χ1v) is 11.4. The lowest BCUT2D eigenvalue weighted by atomic mass is 10.0. The fourth-order valence-electron chi connectivity index (χ4n) is 3.29. The van der Waals surface area contributed by atoms with E-state index in [1.54, 1.807) is 6.26 Å². The van der Waals surface area contributed by atoms with Crippen LogP contribution in [0.4, 0.5) is 0 Å². The molecule has 0 aliphatic heterocycles. The van der Waals surface area contributed by atoms with Gasteiger partial charge in [0.15, 0.2) is 0 Å². The molecule has 2 aromatic rings. The molecule has 2 aromatic carbocycles. The number of hydrogen-bond donors (Lipinski definition) is 0. The van der Waals surface area contributed by atoms with Gasteiger partial charge in [0.05, 0.1) is 19.6 Å². The minimum atomic E-state index is -1.02. The van der Waals surface area contributed by atoms with E-state index >= 15 is 0 Å². The molecule has 0 heterocycles. The van der Waals surface area contributed by atoms with Crippen LogP contribution in [0.15, 0.2) is 59.5 Å². The molecule has 0 spiro atoms. The Bertz CT molecular complexity index is 1040. The third kappa shape index (κ3) is 6.36. The Hall–Kier alpha value is -3.26. The van der Waals surface area contributed by atoms with Gasteiger partial charge >= 0.3 is 5.97 Å². The molecule has 8 heteroatoms. The number of allylic oxidation sites excluding steroid dienone is 2. The van der Waals surface area contributed by atoms with Crippen LogP contribution < -0.4 is 0 Å². The molecule has 1 unspecified atom stereocenters. The monoisotopic (exact) mass is 441 g/mol. The van der Waals surface area contributed by atoms with E-state index in [4.69, 9.17) is 4.74 Å². The number of carbonyl (C=O) groups is 1. The van der Waals surface area contributed by atoms with Gasteiger partial charge in [0.25, 0.3) is 5.09 Å². The predicted molar refractivity (Wildman–Crippen MR) is 119 cm³/mol. The molecule has 0 radical (unpaired) electrons. The summed E-state index contributed by atoms with van der Waals surface area (Å²) in [6.07, 6.45) is 6.76. The summed E-state index contributed by atoms with van der Waals surface area (Å²) in [5, 5.41) is 9.26. The van der Waals surface area contributed by atoms with E-state index in [0.717, 1.165) is 32.7 Å². The van der Waals surface area contributed by atoms with Crippen LogP contribution in [0.5, 0.6) is 0 Å². The first kappa shape index (κ1) is 22.4. The molecular weight excluding hydrogens is 418 g/mol. The third-order valence-electron chi connectivity index (χ3n) is 4.78. The van der Waals surface area contributed by atoms with Gasteiger partial charge in [-0.05, 0) is 65.0 Å². The number of nitrogens with zero attached hydrogens (tertiary/aromatic N) is 1. The van der Waals surface area contributed by atoms with Crippen molar-refractivity contribution in [2.75, 3.05) is 19.5 Å². The van der Waals surface area contributed by atoms with Crippen LogP contribution in [0.25, 0.3) is 17.2 Å². The number of benzene rings is 2. The summed E-state index contributed by atoms with van der Waals surface area (Å²) in [4.78, 5) is 27.4. The third-order valence-corrected chi connectivity index (χ3v) is 5.72. The van der Waals surface area contributed by atoms with Crippen molar-refractivity contribution < 1.29 is 23.7 Å². The van der Waals surface area contributed by atoms with Gasteiger partial charge in [-0.3, -0.25) is 9.00 Å². The van der Waals surface area contributed by atoms with E-state index in [0.29, 0.717) is 12.8 Å². The molecule has 1 aliphatic rings. The largest absolute Gasteiger partial charge is 0.465 e. The van der Waals surface area contributed by atoms with Gasteiger partial charge in [0.1, 0.15) is 0 Å². The van der Waals surface area contributed by atoms with Gasteiger partial charge in [-0.1, -0.05) is 36.4 Å². The molecule has 1 atom stereocenters. The second kappa shape index (κ2) is 10.7. The summed E-state index contributed by atoms with van der Waals surface area (Å²) in [5.41, 5.74) is 4.91. The average molecular weight is 442 g/mol. The zero-order valence-corrected chi connectivity index (χ0v) is 17.9. The highest BCUT2D eigenvalue weighted by atomic mass is 32.2. The van der Waals surface area contributed by atoms with Crippen molar-refractivity contribution in [1.29, 1.82) is 0 Å². The van der Waals surface area contributed by atoms with Crippen molar-refractivity contribution in [3.63, 3.8) is 0 Å². The van der Waals surface area contributed by atoms with Gasteiger partial charge in [-0.2, -0.15) is 0 Å². The Balaban J connectivity index is 1.64. The van der Waals surface area contributed by atoms with Gasteiger partial charge in [0.2, 0.25) is 0 Å². The highest BCUT2D eigenvalue weighted by Crippen LogP contribution is 2.38. The van der Waals surface area contributed by atoms with Crippen molar-refractivity contribution in [1.82, 2.24) is 0 Å². The van der Waals surface area contributed by atoms with Crippen LogP contribution in [-0.2, 0) is 25.2 Å². The number of rotatable bonds is 10. The highest BCUT2D eigenvalue weighted by Gasteiger charge is 2.20. The van der Waals surface area contributed by atoms with Gasteiger partial charge < -0.3 is 9.57 Å². The zero-order chi connectivity index (χ0) is 22.2. The number of ether oxygens (including phenoxy) is 1. The second-order valence-corrected chi connectivity index (χ2v) is 8.38. The Morgan fingerprint density at radius 3 is 2.42 bits per heavy atom. The second-order valence-electron chi connectivity index (χ2n) is 7.00. The van der Waals surface area contributed by atoms with Crippen molar-refractivity contribution in [2.24, 2.45) is 0 Å². The van der Waals surface area contributed by atoms with Crippen LogP contribution in [-0.4, -0.2) is 34.7 Å². The number of esters is 1. The van der Waals surface area contributed by atoms with E-state index in [-0.39, 0.29) is 25.6 Å². The molecule has 0 saturated heterocycles. The summed E-state index contributed by atoms with van der Waals surface area (Å²) in [7, 11) is -1.02. The molecule has 31 heavy (non-hydrogen) atoms. The number of fused-ring (bicyclic) bond motifs is 1. The Morgan fingerprint density at radius 2 is 1.74 bits per heavy atom. The lowest BCUT2D eigenvalue weighted by Crippen LogP contribution is -2.08. The van der Waals surface area contributed by atoms with E-state index < -0.39 is 15.9 Å². The Kier molecular flexibility index (Phi) is 7.72. The van der Waals surface area contributed by atoms with Crippen LogP contribution in [0.2, 0.25) is 0 Å². The van der Waals surface area contributed by atoms with E-state index in [2.05, 4.69) is 4.84 Å². The molecule has 0 bridgehead atoms. The molecule has 1 aliphatic carbocycles. The van der Waals surface area contributed by atoms with Crippen LogP contribution in [0.1, 0.15) is 36.0 Å². The van der Waals surface area contributed by atoms with Gasteiger partial charge in [-0.15, -0.1) is 10.1 Å². The lowest BCUT2D eigenvalue weighted by Gasteiger charge is -2.07. The average Bonchev–Trinajstić information content (AvgIpc) is 3.08. The van der Waals surface area contributed by atoms with Crippen molar-refractivity contribution in [3.8, 4) is 0 Å². The Labute approximate surface area is 182 Å². The fourth-order valence-corrected chi connectivity index (χ4v) is 3.81. The molecule has 3 rings (SSSR count). The normalized spacial score (nSPS) is 14.6. The maximum absolute atomic E-state index is 12.3. The minimum Gasteiger partial charge on any atom is -0.465 e. The SMILES string of the molecule is CS(=O)c1ccc(C=C2C=C(CC(=O)OCCCCO[N+](=O)[O-])c3ccccc32)cc1. The number of unbranched alkanes of at least 4 members (excludes halogenated alkanes) is 1. The Morgan fingerprint density at radius 1 is 1.06 bits per heavy atom. The summed E-state index contributed by atoms with van der Waals surface area (Å²) in [5.74, 6) is -0.340. The molecule has 162 valence electrons. The highest BCUT2D eigenvalue weighted by molar-refractivity contribution is 7.84. The molecule has 0 aromatic heterocycles. The van der Waals surface area contributed by atoms with Crippen molar-refractivity contribution in [2.45, 2.75) is 24.2 Å². The number of hydrogen-bond acceptors (Lipinski definition) is 6. The van der Waals surface area contributed by atoms with Crippen LogP contribution in [0, 0.1) is 10.1 Å². The van der Waals surface area contributed by atoms with E-state index in [1.165, 1.54) is 0 Å². The standard InChI is InChI=1S/C23H23NO6S/c1-31(28)20-10-8-17(9-11-20)14-18-15-19(22-7-3-2-6-21(18)22)16-23(25)29-12-4-5-13-30-24(26)27/h2-3,6-11,14-15H,4-5,12-13,16H2,1H3. The van der Waals surface area contributed by atoms with Gasteiger partial charge in [0, 0.05) is 22.0 Å². The van der Waals surface area contributed by atoms with Crippen molar-refractivity contribution >= 4 is 34.0 Å². The fraction of sp³-hybridized carbons (Fsp3) is 0.261. The molecule has 7 nitrogen and oxygen atoms in total. The van der Waals surface area contributed by atoms with Gasteiger partial charge in [-0.25, -0.2) is 0 Å². The van der Waals surface area contributed by atoms with E-state index in [1.807, 2.05) is 60.7 Å². The van der Waals surface area contributed by atoms with Crippen molar-refractivity contribution in [3.05, 3.63) is 81.4 Å². The smallest absolute Gasteiger partial charge is 0.310 e. The van der Waals surface area contributed by atoms with E-state index in [9.17, 15) is 19.1 Å². The molecule has 0 N–H and O–H groups in total. The topological polar surface area (TPSA) is 95.7 Å². The zero-order valence-electron chi connectivity index (χ0n) is 17.1. The summed E-state index contributed by atoms with van der Waals surface area (Å²) in [6.45, 7) is 0.190. The summed E-state index contributed by atoms with van der Waals surface area (Å²) in [6, 6.07) is 15.4. The maximum Gasteiger partial charge on any atom is 0.310 e. The number of carbonyl (C=O) groups excluding carboxylic acids is 1. The first-order chi connectivity index (χ1) is 14.9. The molecule has 0 amide bonds. The summed E-state index contributed by atoms with van der Waals surface area (Å²) >= 11 is 0. The molecular formula is C23H23NO6S. The molecule has 0 fully saturated rings. The minimum absolute atomic E-state index is 0.00756. The quantitative estimate of drug-likeness (QED) is 0.236.